The molecule has 2 aliphatic rings. The van der Waals surface area contributed by atoms with E-state index in [0.717, 1.165) is 0 Å². The maximum absolute atomic E-state index is 2.55. The van der Waals surface area contributed by atoms with E-state index >= 15 is 0 Å². The summed E-state index contributed by atoms with van der Waals surface area (Å²) in [6.45, 7) is 9.50. The van der Waals surface area contributed by atoms with Gasteiger partial charge in [-0.25, -0.2) is 0 Å². The van der Waals surface area contributed by atoms with E-state index in [0.29, 0.717) is 0 Å². The Kier molecular flexibility index (Phi) is 5.32. The second kappa shape index (κ2) is 9.24. The van der Waals surface area contributed by atoms with Crippen molar-refractivity contribution in [1.29, 1.82) is 0 Å². The second-order valence-electron chi connectivity index (χ2n) is 14.2. The minimum absolute atomic E-state index is 0.0923. The van der Waals surface area contributed by atoms with Gasteiger partial charge >= 0.3 is 0 Å². The van der Waals surface area contributed by atoms with Gasteiger partial charge in [-0.15, -0.1) is 11.3 Å². The minimum atomic E-state index is -0.0923. The second-order valence-corrected chi connectivity index (χ2v) is 15.2. The molecule has 0 spiro atoms. The molecule has 47 heavy (non-hydrogen) atoms. The predicted octanol–water partition coefficient (Wildman–Crippen LogP) is 12.4. The van der Waals surface area contributed by atoms with E-state index in [1.165, 1.54) is 87.5 Å². The van der Waals surface area contributed by atoms with Gasteiger partial charge in [0, 0.05) is 27.6 Å². The maximum Gasteiger partial charge on any atom is 0.126 e. The van der Waals surface area contributed by atoms with Crippen LogP contribution >= 0.6 is 11.3 Å². The smallest absolute Gasteiger partial charge is 0.126 e. The molecular weight excluding hydrogens is 589 g/mol. The number of aromatic nitrogens is 1. The van der Waals surface area contributed by atoms with Crippen molar-refractivity contribution in [3.05, 3.63) is 156 Å². The molecule has 0 saturated carbocycles. The van der Waals surface area contributed by atoms with Crippen molar-refractivity contribution >= 4 is 54.3 Å². The highest BCUT2D eigenvalue weighted by Gasteiger charge is 2.38. The van der Waals surface area contributed by atoms with Crippen LogP contribution in [0.4, 0.5) is 17.1 Å². The molecule has 2 aliphatic carbocycles. The fraction of sp³-hybridized carbons (Fsp3) is 0.136. The average molecular weight is 623 g/mol. The van der Waals surface area contributed by atoms with Crippen LogP contribution in [0.2, 0.25) is 0 Å². The van der Waals surface area contributed by atoms with Crippen LogP contribution in [-0.2, 0) is 10.8 Å². The Hall–Kier alpha value is -5.12. The Labute approximate surface area is 279 Å². The van der Waals surface area contributed by atoms with Crippen molar-refractivity contribution in [3.63, 3.8) is 0 Å². The topological polar surface area (TPSA) is 7.65 Å². The van der Waals surface area contributed by atoms with Crippen molar-refractivity contribution in [2.45, 2.75) is 38.5 Å². The van der Waals surface area contributed by atoms with Gasteiger partial charge in [0.05, 0.1) is 21.4 Å². The Balaban J connectivity index is 1.28. The lowest BCUT2D eigenvalue weighted by molar-refractivity contribution is 0.660. The van der Waals surface area contributed by atoms with Gasteiger partial charge in [-0.05, 0) is 87.0 Å². The summed E-state index contributed by atoms with van der Waals surface area (Å²) in [7, 11) is 0. The molecule has 226 valence electrons. The van der Waals surface area contributed by atoms with Gasteiger partial charge < -0.3 is 4.90 Å². The number of fused-ring (bicyclic) bond motifs is 11. The van der Waals surface area contributed by atoms with E-state index in [1.807, 2.05) is 11.3 Å². The molecule has 0 aliphatic heterocycles. The van der Waals surface area contributed by atoms with Crippen LogP contribution in [0.3, 0.4) is 0 Å². The molecular formula is C44H34N2S. The fourth-order valence-corrected chi connectivity index (χ4v) is 9.86. The van der Waals surface area contributed by atoms with E-state index in [4.69, 9.17) is 0 Å². The summed E-state index contributed by atoms with van der Waals surface area (Å²) in [5.74, 6) is 0. The summed E-state index contributed by atoms with van der Waals surface area (Å²) < 4.78 is 3.77. The Morgan fingerprint density at radius 1 is 0.489 bits per heavy atom. The van der Waals surface area contributed by atoms with Crippen LogP contribution in [0.25, 0.3) is 48.2 Å². The number of para-hydroxylation sites is 2. The number of anilines is 3. The summed E-state index contributed by atoms with van der Waals surface area (Å²) in [6.07, 6.45) is 0. The first-order valence-electron chi connectivity index (χ1n) is 16.5. The normalized spacial score (nSPS) is 15.1. The van der Waals surface area contributed by atoms with Crippen molar-refractivity contribution in [2.24, 2.45) is 0 Å². The first-order chi connectivity index (χ1) is 22.8. The third-order valence-electron chi connectivity index (χ3n) is 11.0. The lowest BCUT2D eigenvalue weighted by atomic mass is 9.82. The summed E-state index contributed by atoms with van der Waals surface area (Å²) in [5, 5.41) is 1.26. The van der Waals surface area contributed by atoms with Crippen molar-refractivity contribution in [2.75, 3.05) is 4.90 Å². The van der Waals surface area contributed by atoms with Crippen LogP contribution in [0, 0.1) is 0 Å². The van der Waals surface area contributed by atoms with E-state index in [2.05, 4.69) is 170 Å². The number of benzene rings is 6. The Bertz CT molecular complexity index is 2490. The highest BCUT2D eigenvalue weighted by Crippen LogP contribution is 2.55. The number of rotatable bonds is 3. The summed E-state index contributed by atoms with van der Waals surface area (Å²) in [5.41, 5.74) is 16.9. The highest BCUT2D eigenvalue weighted by molar-refractivity contribution is 7.24. The summed E-state index contributed by atoms with van der Waals surface area (Å²) in [6, 6.07) is 49.9. The van der Waals surface area contributed by atoms with Gasteiger partial charge in [0.2, 0.25) is 0 Å². The van der Waals surface area contributed by atoms with E-state index in [9.17, 15) is 0 Å². The van der Waals surface area contributed by atoms with Crippen LogP contribution in [-0.4, -0.2) is 4.40 Å². The third kappa shape index (κ3) is 3.50. The highest BCUT2D eigenvalue weighted by atomic mass is 32.1. The lowest BCUT2D eigenvalue weighted by Crippen LogP contribution is -2.18. The van der Waals surface area contributed by atoms with E-state index < -0.39 is 0 Å². The molecule has 2 nitrogen and oxygen atoms in total. The zero-order valence-corrected chi connectivity index (χ0v) is 27.8. The standard InChI is InChI=1S/C44H34N2S/c1-43(2)34-16-8-5-13-29(34)31-23-21-27(25-36(31)43)45(28-22-24-32-30-14-6-9-17-35(30)44(3,4)37(32)26-28)41-33-15-7-10-18-38(33)46-39-19-11-12-20-40(39)47-42(41)46/h5-26H,1-4H3. The molecule has 10 rings (SSSR count). The third-order valence-corrected chi connectivity index (χ3v) is 12.1. The zero-order chi connectivity index (χ0) is 31.7. The molecule has 2 heterocycles. The van der Waals surface area contributed by atoms with Crippen molar-refractivity contribution < 1.29 is 0 Å². The predicted molar refractivity (Wildman–Crippen MR) is 200 cm³/mol. The largest absolute Gasteiger partial charge is 0.307 e. The number of hydrogen-bond donors (Lipinski definition) is 0. The lowest BCUT2D eigenvalue weighted by Gasteiger charge is -2.29. The molecule has 3 heteroatoms. The molecule has 2 aromatic heterocycles. The van der Waals surface area contributed by atoms with Gasteiger partial charge in [-0.2, -0.15) is 0 Å². The van der Waals surface area contributed by atoms with Gasteiger partial charge in [-0.1, -0.05) is 119 Å². The van der Waals surface area contributed by atoms with Crippen molar-refractivity contribution in [3.8, 4) is 22.3 Å². The summed E-state index contributed by atoms with van der Waals surface area (Å²) >= 11 is 1.88. The van der Waals surface area contributed by atoms with Crippen LogP contribution in [0.1, 0.15) is 49.9 Å². The number of thiazole rings is 1. The maximum atomic E-state index is 2.55. The molecule has 0 bridgehead atoms. The quantitative estimate of drug-likeness (QED) is 0.190. The van der Waals surface area contributed by atoms with Crippen LogP contribution in [0.15, 0.2) is 133 Å². The van der Waals surface area contributed by atoms with Gasteiger partial charge in [0.25, 0.3) is 0 Å². The Morgan fingerprint density at radius 2 is 0.979 bits per heavy atom. The molecule has 8 aromatic rings. The van der Waals surface area contributed by atoms with Gasteiger partial charge in [-0.3, -0.25) is 4.40 Å². The van der Waals surface area contributed by atoms with Crippen molar-refractivity contribution in [1.82, 2.24) is 4.40 Å². The first kappa shape index (κ1) is 27.0. The minimum Gasteiger partial charge on any atom is -0.307 e. The first-order valence-corrected chi connectivity index (χ1v) is 17.4. The van der Waals surface area contributed by atoms with Gasteiger partial charge in [0.15, 0.2) is 0 Å². The molecule has 0 amide bonds. The zero-order valence-electron chi connectivity index (χ0n) is 27.0. The van der Waals surface area contributed by atoms with E-state index in [-0.39, 0.29) is 10.8 Å². The fourth-order valence-electron chi connectivity index (χ4n) is 8.65. The molecule has 0 saturated heterocycles. The molecule has 0 radical (unpaired) electrons. The molecule has 6 aromatic carbocycles. The number of hydrogen-bond acceptors (Lipinski definition) is 2. The Morgan fingerprint density at radius 3 is 1.60 bits per heavy atom. The molecule has 0 N–H and O–H groups in total. The molecule has 0 fully saturated rings. The van der Waals surface area contributed by atoms with E-state index in [1.54, 1.807) is 0 Å². The monoisotopic (exact) mass is 622 g/mol. The summed E-state index contributed by atoms with van der Waals surface area (Å²) in [4.78, 5) is 3.81. The van der Waals surface area contributed by atoms with Crippen LogP contribution in [0.5, 0.6) is 0 Å². The molecule has 0 unspecified atom stereocenters. The number of nitrogens with zero attached hydrogens (tertiary/aromatic N) is 2. The SMILES string of the molecule is CC1(C)c2ccccc2-c2ccc(N(c3ccc4c(c3)C(C)(C)c3ccccc3-4)c3c4ccccc4n4c3sc3ccccc34)cc21. The average Bonchev–Trinajstić information content (AvgIpc) is 3.76. The van der Waals surface area contributed by atoms with Crippen LogP contribution < -0.4 is 4.90 Å². The van der Waals surface area contributed by atoms with Gasteiger partial charge in [0.1, 0.15) is 4.83 Å². The molecule has 0 atom stereocenters.